The number of carbonyl (C=O) groups excluding carboxylic acids is 2. The van der Waals surface area contributed by atoms with Gasteiger partial charge in [-0.3, -0.25) is 9.59 Å². The Kier molecular flexibility index (Phi) is 8.58. The lowest BCUT2D eigenvalue weighted by Crippen LogP contribution is -2.48. The van der Waals surface area contributed by atoms with E-state index in [1.165, 1.54) is 22.9 Å². The van der Waals surface area contributed by atoms with Crippen LogP contribution in [0.3, 0.4) is 0 Å². The maximum absolute atomic E-state index is 13.0. The van der Waals surface area contributed by atoms with Gasteiger partial charge in [0, 0.05) is 18.0 Å². The lowest BCUT2D eigenvalue weighted by Gasteiger charge is -2.28. The third kappa shape index (κ3) is 6.71. The first kappa shape index (κ1) is 22.0. The molecule has 0 saturated carbocycles. The van der Waals surface area contributed by atoms with E-state index < -0.39 is 6.04 Å². The molecule has 0 saturated heterocycles. The van der Waals surface area contributed by atoms with Crippen LogP contribution < -0.4 is 5.32 Å². The highest BCUT2D eigenvalue weighted by Gasteiger charge is 2.25. The molecule has 0 radical (unpaired) electrons. The number of rotatable bonds is 9. The Bertz CT molecular complexity index is 772. The zero-order chi connectivity index (χ0) is 20.5. The average Bonchev–Trinajstić information content (AvgIpc) is 2.70. The van der Waals surface area contributed by atoms with Gasteiger partial charge in [-0.25, -0.2) is 0 Å². The van der Waals surface area contributed by atoms with Crippen molar-refractivity contribution in [3.05, 3.63) is 65.2 Å². The maximum atomic E-state index is 13.0. The molecule has 0 aliphatic rings. The summed E-state index contributed by atoms with van der Waals surface area (Å²) in [5, 5.41) is 2.90. The fourth-order valence-corrected chi connectivity index (χ4v) is 3.52. The third-order valence-corrected chi connectivity index (χ3v) is 5.57. The molecular weight excluding hydrogens is 368 g/mol. The molecule has 0 heterocycles. The third-order valence-electron chi connectivity index (χ3n) is 4.57. The molecule has 0 aliphatic heterocycles. The molecule has 0 aliphatic carbocycles. The van der Waals surface area contributed by atoms with Crippen molar-refractivity contribution in [3.63, 3.8) is 0 Å². The second-order valence-electron chi connectivity index (χ2n) is 7.08. The molecule has 1 unspecified atom stereocenters. The number of benzene rings is 2. The van der Waals surface area contributed by atoms with Crippen LogP contribution in [0.4, 0.5) is 0 Å². The number of carbonyl (C=O) groups is 2. The van der Waals surface area contributed by atoms with Crippen molar-refractivity contribution in [3.8, 4) is 0 Å². The summed E-state index contributed by atoms with van der Waals surface area (Å²) in [6, 6.07) is 15.7. The van der Waals surface area contributed by atoms with Gasteiger partial charge in [-0.15, -0.1) is 11.8 Å². The number of hydrogen-bond donors (Lipinski definition) is 1. The van der Waals surface area contributed by atoms with E-state index in [0.717, 1.165) is 16.9 Å². The van der Waals surface area contributed by atoms with Crippen molar-refractivity contribution in [2.45, 2.75) is 51.6 Å². The fourth-order valence-electron chi connectivity index (χ4n) is 2.73. The van der Waals surface area contributed by atoms with Crippen molar-refractivity contribution in [2.75, 3.05) is 12.3 Å². The second-order valence-corrected chi connectivity index (χ2v) is 8.12. The van der Waals surface area contributed by atoms with Gasteiger partial charge in [0.05, 0.1) is 5.75 Å². The smallest absolute Gasteiger partial charge is 0.242 e. The quantitative estimate of drug-likeness (QED) is 0.639. The zero-order valence-corrected chi connectivity index (χ0v) is 18.0. The molecule has 1 N–H and O–H groups in total. The van der Waals surface area contributed by atoms with Crippen LogP contribution >= 0.6 is 11.8 Å². The summed E-state index contributed by atoms with van der Waals surface area (Å²) in [6.45, 7) is 8.93. The number of aryl methyl sites for hydroxylation is 2. The first-order valence-electron chi connectivity index (χ1n) is 9.73. The number of nitrogens with zero attached hydrogens (tertiary/aromatic N) is 1. The van der Waals surface area contributed by atoms with Crippen LogP contribution in [0.5, 0.6) is 0 Å². The second kappa shape index (κ2) is 10.9. The summed E-state index contributed by atoms with van der Waals surface area (Å²) in [7, 11) is 0. The molecule has 28 heavy (non-hydrogen) atoms. The number of nitrogens with one attached hydrogen (secondary N) is 1. The molecular formula is C23H30N2O2S. The zero-order valence-electron chi connectivity index (χ0n) is 17.2. The number of amides is 2. The minimum atomic E-state index is -0.515. The molecule has 2 amide bonds. The molecule has 2 aromatic rings. The Morgan fingerprint density at radius 1 is 1.00 bits per heavy atom. The van der Waals surface area contributed by atoms with Crippen LogP contribution in [0.1, 0.15) is 37.0 Å². The van der Waals surface area contributed by atoms with Gasteiger partial charge in [-0.05, 0) is 44.9 Å². The lowest BCUT2D eigenvalue weighted by atomic mass is 10.1. The molecule has 0 fully saturated rings. The summed E-state index contributed by atoms with van der Waals surface area (Å²) in [5.74, 6) is 0.160. The van der Waals surface area contributed by atoms with Gasteiger partial charge in [0.1, 0.15) is 6.04 Å². The van der Waals surface area contributed by atoms with Gasteiger partial charge in [0.2, 0.25) is 11.8 Å². The first-order valence-corrected chi connectivity index (χ1v) is 10.7. The van der Waals surface area contributed by atoms with E-state index in [1.807, 2.05) is 69.3 Å². The van der Waals surface area contributed by atoms with E-state index in [4.69, 9.17) is 0 Å². The van der Waals surface area contributed by atoms with Crippen LogP contribution in [0.15, 0.2) is 53.4 Å². The predicted octanol–water partition coefficient (Wildman–Crippen LogP) is 4.34. The summed E-state index contributed by atoms with van der Waals surface area (Å²) in [5.41, 5.74) is 3.39. The van der Waals surface area contributed by atoms with Crippen LogP contribution in [0.2, 0.25) is 0 Å². The van der Waals surface area contributed by atoms with Crippen LogP contribution in [0.25, 0.3) is 0 Å². The molecule has 5 heteroatoms. The van der Waals surface area contributed by atoms with Gasteiger partial charge in [0.25, 0.3) is 0 Å². The predicted molar refractivity (Wildman–Crippen MR) is 116 cm³/mol. The number of thioether (sulfide) groups is 1. The molecule has 1 atom stereocenters. The van der Waals surface area contributed by atoms with Gasteiger partial charge in [-0.2, -0.15) is 0 Å². The van der Waals surface area contributed by atoms with Crippen molar-refractivity contribution >= 4 is 23.6 Å². The van der Waals surface area contributed by atoms with E-state index in [2.05, 4.69) is 5.32 Å². The van der Waals surface area contributed by atoms with E-state index in [1.54, 1.807) is 11.8 Å². The SMILES string of the molecule is CCCNC(=O)C(C)N(Cc1ccc(C)cc1)C(=O)CSc1ccc(C)cc1. The van der Waals surface area contributed by atoms with E-state index >= 15 is 0 Å². The van der Waals surface area contributed by atoms with Crippen molar-refractivity contribution in [2.24, 2.45) is 0 Å². The average molecular weight is 399 g/mol. The van der Waals surface area contributed by atoms with Crippen molar-refractivity contribution in [1.82, 2.24) is 10.2 Å². The maximum Gasteiger partial charge on any atom is 0.242 e. The molecule has 0 bridgehead atoms. The highest BCUT2D eigenvalue weighted by molar-refractivity contribution is 8.00. The van der Waals surface area contributed by atoms with Gasteiger partial charge in [-0.1, -0.05) is 54.4 Å². The first-order chi connectivity index (χ1) is 13.4. The monoisotopic (exact) mass is 398 g/mol. The van der Waals surface area contributed by atoms with Crippen molar-refractivity contribution < 1.29 is 9.59 Å². The minimum absolute atomic E-state index is 0.0368. The van der Waals surface area contributed by atoms with Gasteiger partial charge in [0.15, 0.2) is 0 Å². The molecule has 2 rings (SSSR count). The number of hydrogen-bond acceptors (Lipinski definition) is 3. The van der Waals surface area contributed by atoms with E-state index in [-0.39, 0.29) is 11.8 Å². The molecule has 0 aromatic heterocycles. The minimum Gasteiger partial charge on any atom is -0.354 e. The standard InChI is InChI=1S/C23H30N2O2S/c1-5-14-24-23(27)19(4)25(15-20-10-6-17(2)7-11-20)22(26)16-28-21-12-8-18(3)9-13-21/h6-13,19H,5,14-16H2,1-4H3,(H,24,27). The van der Waals surface area contributed by atoms with Gasteiger partial charge >= 0.3 is 0 Å². The Labute approximate surface area is 172 Å². The van der Waals surface area contributed by atoms with E-state index in [9.17, 15) is 9.59 Å². The van der Waals surface area contributed by atoms with Crippen LogP contribution in [0, 0.1) is 13.8 Å². The molecule has 0 spiro atoms. The molecule has 2 aromatic carbocycles. The Morgan fingerprint density at radius 3 is 2.14 bits per heavy atom. The highest BCUT2D eigenvalue weighted by Crippen LogP contribution is 2.20. The van der Waals surface area contributed by atoms with Gasteiger partial charge < -0.3 is 10.2 Å². The highest BCUT2D eigenvalue weighted by atomic mass is 32.2. The topological polar surface area (TPSA) is 49.4 Å². The Hall–Kier alpha value is -2.27. The summed E-state index contributed by atoms with van der Waals surface area (Å²) >= 11 is 1.50. The fraction of sp³-hybridized carbons (Fsp3) is 0.391. The lowest BCUT2D eigenvalue weighted by molar-refractivity contribution is -0.138. The largest absolute Gasteiger partial charge is 0.354 e. The molecule has 150 valence electrons. The van der Waals surface area contributed by atoms with E-state index in [0.29, 0.717) is 18.8 Å². The summed E-state index contributed by atoms with van der Waals surface area (Å²) in [4.78, 5) is 28.2. The summed E-state index contributed by atoms with van der Waals surface area (Å²) < 4.78 is 0. The summed E-state index contributed by atoms with van der Waals surface area (Å²) in [6.07, 6.45) is 0.869. The molecule has 4 nitrogen and oxygen atoms in total. The Morgan fingerprint density at radius 2 is 1.57 bits per heavy atom. The van der Waals surface area contributed by atoms with Crippen LogP contribution in [-0.2, 0) is 16.1 Å². The van der Waals surface area contributed by atoms with Crippen molar-refractivity contribution in [1.29, 1.82) is 0 Å². The van der Waals surface area contributed by atoms with Crippen LogP contribution in [-0.4, -0.2) is 35.1 Å². The normalized spacial score (nSPS) is 11.7. The Balaban J connectivity index is 2.10.